The van der Waals surface area contributed by atoms with Gasteiger partial charge in [-0.15, -0.1) is 0 Å². The van der Waals surface area contributed by atoms with Crippen molar-refractivity contribution in [2.45, 2.75) is 40.7 Å². The first-order chi connectivity index (χ1) is 14.3. The predicted molar refractivity (Wildman–Crippen MR) is 125 cm³/mol. The molecule has 1 amide bonds. The van der Waals surface area contributed by atoms with Gasteiger partial charge in [-0.2, -0.15) is 0 Å². The van der Waals surface area contributed by atoms with E-state index in [0.29, 0.717) is 28.2 Å². The molecule has 0 atom stereocenters. The van der Waals surface area contributed by atoms with Crippen LogP contribution in [0.25, 0.3) is 6.08 Å². The number of carbonyl (C=O) groups excluding carboxylic acids is 1. The van der Waals surface area contributed by atoms with Crippen LogP contribution in [0.2, 0.25) is 0 Å². The van der Waals surface area contributed by atoms with E-state index in [1.54, 1.807) is 11.9 Å². The van der Waals surface area contributed by atoms with Gasteiger partial charge >= 0.3 is 0 Å². The van der Waals surface area contributed by atoms with E-state index >= 15 is 0 Å². The minimum atomic E-state index is -0.0666. The Hall–Kier alpha value is -2.73. The standard InChI is InChI=1S/C24H28N2O3S/c1-7-28-21-13-18(9-11-20(21)29-15(2)3)14-22-23(27)26(6)24(30-22)25-19-10-8-16(4)17(5)12-19/h8-15H,7H2,1-6H3/b22-14+,25-24?. The highest BCUT2D eigenvalue weighted by atomic mass is 32.2. The second kappa shape index (κ2) is 9.39. The number of nitrogens with zero attached hydrogens (tertiary/aromatic N) is 2. The summed E-state index contributed by atoms with van der Waals surface area (Å²) in [5.74, 6) is 1.31. The van der Waals surface area contributed by atoms with E-state index in [0.717, 1.165) is 11.3 Å². The molecule has 0 N–H and O–H groups in total. The Labute approximate surface area is 182 Å². The lowest BCUT2D eigenvalue weighted by Gasteiger charge is -2.15. The summed E-state index contributed by atoms with van der Waals surface area (Å²) in [5.41, 5.74) is 4.12. The normalized spacial score (nSPS) is 16.8. The van der Waals surface area contributed by atoms with Gasteiger partial charge in [-0.1, -0.05) is 12.1 Å². The second-order valence-electron chi connectivity index (χ2n) is 7.44. The summed E-state index contributed by atoms with van der Waals surface area (Å²) in [5, 5.41) is 0.666. The number of benzene rings is 2. The Kier molecular flexibility index (Phi) is 6.87. The van der Waals surface area contributed by atoms with Crippen LogP contribution in [0.15, 0.2) is 46.3 Å². The number of amides is 1. The number of hydrogen-bond acceptors (Lipinski definition) is 5. The van der Waals surface area contributed by atoms with Gasteiger partial charge in [0, 0.05) is 7.05 Å². The molecule has 0 saturated carbocycles. The van der Waals surface area contributed by atoms with Gasteiger partial charge in [0.1, 0.15) is 0 Å². The van der Waals surface area contributed by atoms with Crippen LogP contribution in [0, 0.1) is 13.8 Å². The molecule has 1 aliphatic rings. The molecular weight excluding hydrogens is 396 g/mol. The predicted octanol–water partition coefficient (Wildman–Crippen LogP) is 5.72. The van der Waals surface area contributed by atoms with E-state index in [9.17, 15) is 4.79 Å². The zero-order valence-electron chi connectivity index (χ0n) is 18.4. The summed E-state index contributed by atoms with van der Waals surface area (Å²) in [6.07, 6.45) is 1.92. The molecule has 0 bridgehead atoms. The molecule has 5 nitrogen and oxygen atoms in total. The first kappa shape index (κ1) is 22.0. The summed E-state index contributed by atoms with van der Waals surface area (Å²) in [6, 6.07) is 11.8. The number of rotatable bonds is 6. The van der Waals surface area contributed by atoms with Gasteiger partial charge in [0.05, 0.1) is 23.3 Å². The van der Waals surface area contributed by atoms with Crippen molar-refractivity contribution in [3.8, 4) is 11.5 Å². The highest BCUT2D eigenvalue weighted by molar-refractivity contribution is 8.18. The zero-order chi connectivity index (χ0) is 21.8. The summed E-state index contributed by atoms with van der Waals surface area (Å²) < 4.78 is 11.5. The van der Waals surface area contributed by atoms with Gasteiger partial charge in [0.25, 0.3) is 5.91 Å². The lowest BCUT2D eigenvalue weighted by molar-refractivity contribution is -0.121. The number of amidine groups is 1. The van der Waals surface area contributed by atoms with E-state index in [1.807, 2.05) is 63.2 Å². The Morgan fingerprint density at radius 2 is 1.87 bits per heavy atom. The molecule has 2 aromatic rings. The van der Waals surface area contributed by atoms with Crippen LogP contribution < -0.4 is 9.47 Å². The van der Waals surface area contributed by atoms with Crippen LogP contribution in [-0.4, -0.2) is 35.7 Å². The Morgan fingerprint density at radius 1 is 1.10 bits per heavy atom. The molecule has 1 aliphatic heterocycles. The Morgan fingerprint density at radius 3 is 2.53 bits per heavy atom. The fourth-order valence-electron chi connectivity index (χ4n) is 2.94. The van der Waals surface area contributed by atoms with Crippen LogP contribution >= 0.6 is 11.8 Å². The molecule has 6 heteroatoms. The fourth-order valence-corrected chi connectivity index (χ4v) is 3.93. The van der Waals surface area contributed by atoms with E-state index in [1.165, 1.54) is 22.9 Å². The monoisotopic (exact) mass is 424 g/mol. The summed E-state index contributed by atoms with van der Waals surface area (Å²) >= 11 is 1.38. The molecular formula is C24H28N2O3S. The van der Waals surface area contributed by atoms with Gasteiger partial charge in [0.2, 0.25) is 0 Å². The van der Waals surface area contributed by atoms with Crippen molar-refractivity contribution < 1.29 is 14.3 Å². The van der Waals surface area contributed by atoms with Crippen LogP contribution in [0.3, 0.4) is 0 Å². The zero-order valence-corrected chi connectivity index (χ0v) is 19.2. The van der Waals surface area contributed by atoms with Crippen LogP contribution in [-0.2, 0) is 4.79 Å². The van der Waals surface area contributed by atoms with E-state index in [-0.39, 0.29) is 12.0 Å². The first-order valence-corrected chi connectivity index (χ1v) is 10.9. The highest BCUT2D eigenvalue weighted by Gasteiger charge is 2.30. The molecule has 3 rings (SSSR count). The van der Waals surface area contributed by atoms with Gasteiger partial charge in [-0.05, 0) is 93.4 Å². The maximum absolute atomic E-state index is 12.8. The van der Waals surface area contributed by atoms with Gasteiger partial charge < -0.3 is 9.47 Å². The lowest BCUT2D eigenvalue weighted by Crippen LogP contribution is -2.23. The molecule has 1 fully saturated rings. The highest BCUT2D eigenvalue weighted by Crippen LogP contribution is 2.35. The van der Waals surface area contributed by atoms with E-state index in [2.05, 4.69) is 18.8 Å². The van der Waals surface area contributed by atoms with Crippen LogP contribution in [0.5, 0.6) is 11.5 Å². The fraction of sp³-hybridized carbons (Fsp3) is 0.333. The number of thioether (sulfide) groups is 1. The van der Waals surface area contributed by atoms with Crippen molar-refractivity contribution in [3.63, 3.8) is 0 Å². The van der Waals surface area contributed by atoms with Crippen LogP contribution in [0.4, 0.5) is 5.69 Å². The van der Waals surface area contributed by atoms with Crippen molar-refractivity contribution in [2.24, 2.45) is 4.99 Å². The lowest BCUT2D eigenvalue weighted by atomic mass is 10.1. The molecule has 0 aliphatic carbocycles. The number of likely N-dealkylation sites (N-methyl/N-ethyl adjacent to an activating group) is 1. The third kappa shape index (κ3) is 5.05. The number of carbonyl (C=O) groups is 1. The molecule has 0 aromatic heterocycles. The van der Waals surface area contributed by atoms with Crippen molar-refractivity contribution in [1.29, 1.82) is 0 Å². The molecule has 2 aromatic carbocycles. The SMILES string of the molecule is CCOc1cc(/C=C2/SC(=Nc3ccc(C)c(C)c3)N(C)C2=O)ccc1OC(C)C. The van der Waals surface area contributed by atoms with Gasteiger partial charge in [-0.25, -0.2) is 4.99 Å². The van der Waals surface area contributed by atoms with Crippen LogP contribution in [0.1, 0.15) is 37.5 Å². The smallest absolute Gasteiger partial charge is 0.266 e. The quantitative estimate of drug-likeness (QED) is 0.556. The summed E-state index contributed by atoms with van der Waals surface area (Å²) in [6.45, 7) is 10.6. The Balaban J connectivity index is 1.88. The molecule has 0 radical (unpaired) electrons. The third-order valence-corrected chi connectivity index (χ3v) is 5.71. The first-order valence-electron chi connectivity index (χ1n) is 10.1. The minimum Gasteiger partial charge on any atom is -0.490 e. The van der Waals surface area contributed by atoms with Crippen molar-refractivity contribution >= 4 is 34.6 Å². The van der Waals surface area contributed by atoms with Crippen molar-refractivity contribution in [3.05, 3.63) is 58.0 Å². The number of aryl methyl sites for hydroxylation is 2. The molecule has 30 heavy (non-hydrogen) atoms. The number of aliphatic imine (C=N–C) groups is 1. The maximum Gasteiger partial charge on any atom is 0.266 e. The van der Waals surface area contributed by atoms with Crippen molar-refractivity contribution in [2.75, 3.05) is 13.7 Å². The summed E-state index contributed by atoms with van der Waals surface area (Å²) in [4.78, 5) is 19.6. The largest absolute Gasteiger partial charge is 0.490 e. The minimum absolute atomic E-state index is 0.0539. The topological polar surface area (TPSA) is 51.1 Å². The second-order valence-corrected chi connectivity index (χ2v) is 8.45. The maximum atomic E-state index is 12.8. The Bertz CT molecular complexity index is 1010. The average Bonchev–Trinajstić information content (AvgIpc) is 2.94. The van der Waals surface area contributed by atoms with Crippen molar-refractivity contribution in [1.82, 2.24) is 4.90 Å². The summed E-state index contributed by atoms with van der Waals surface area (Å²) in [7, 11) is 1.75. The molecule has 1 heterocycles. The number of hydrogen-bond donors (Lipinski definition) is 0. The van der Waals surface area contributed by atoms with E-state index < -0.39 is 0 Å². The van der Waals surface area contributed by atoms with E-state index in [4.69, 9.17) is 9.47 Å². The average molecular weight is 425 g/mol. The molecule has 0 unspecified atom stereocenters. The van der Waals surface area contributed by atoms with Gasteiger partial charge in [-0.3, -0.25) is 9.69 Å². The van der Waals surface area contributed by atoms with Gasteiger partial charge in [0.15, 0.2) is 16.7 Å². The molecule has 0 spiro atoms. The number of ether oxygens (including phenoxy) is 2. The third-order valence-electron chi connectivity index (χ3n) is 4.65. The molecule has 158 valence electrons. The molecule has 1 saturated heterocycles.